The number of aliphatic imine (C=N–C) groups is 1. The number of benzene rings is 1. The molecule has 1 atom stereocenters. The minimum absolute atomic E-state index is 0.134. The highest BCUT2D eigenvalue weighted by atomic mass is 35.5. The molecule has 0 aliphatic carbocycles. The minimum atomic E-state index is 0.134. The van der Waals surface area contributed by atoms with Gasteiger partial charge in [-0.15, -0.1) is 0 Å². The van der Waals surface area contributed by atoms with Crippen LogP contribution in [0.15, 0.2) is 29.3 Å². The molecular weight excluding hydrogens is 310 g/mol. The van der Waals surface area contributed by atoms with Crippen molar-refractivity contribution in [3.05, 3.63) is 51.8 Å². The summed E-state index contributed by atoms with van der Waals surface area (Å²) in [5.74, 6) is 0.759. The Morgan fingerprint density at radius 1 is 1.30 bits per heavy atom. The molecule has 1 aromatic heterocycles. The molecule has 1 aromatic carbocycles. The Kier molecular flexibility index (Phi) is 5.66. The highest BCUT2D eigenvalue weighted by Crippen LogP contribution is 2.16. The van der Waals surface area contributed by atoms with Crippen LogP contribution < -0.4 is 10.6 Å². The molecule has 0 spiro atoms. The van der Waals surface area contributed by atoms with E-state index in [4.69, 9.17) is 11.6 Å². The molecule has 0 saturated heterocycles. The summed E-state index contributed by atoms with van der Waals surface area (Å²) in [6.07, 6.45) is 0. The second-order valence-corrected chi connectivity index (χ2v) is 6.05. The predicted octanol–water partition coefficient (Wildman–Crippen LogP) is 3.12. The van der Waals surface area contributed by atoms with Crippen LogP contribution in [0.25, 0.3) is 0 Å². The Hall–Kier alpha value is -2.01. The fraction of sp³-hybridized carbons (Fsp3) is 0.412. The molecule has 23 heavy (non-hydrogen) atoms. The molecule has 1 unspecified atom stereocenters. The van der Waals surface area contributed by atoms with Crippen LogP contribution in [0.4, 0.5) is 0 Å². The van der Waals surface area contributed by atoms with Gasteiger partial charge in [0, 0.05) is 36.9 Å². The number of nitrogens with zero attached hydrogens (tertiary/aromatic N) is 3. The number of guanidine groups is 1. The van der Waals surface area contributed by atoms with Crippen molar-refractivity contribution in [2.75, 3.05) is 7.05 Å². The summed E-state index contributed by atoms with van der Waals surface area (Å²) >= 11 is 5.93. The normalized spacial score (nSPS) is 13.0. The van der Waals surface area contributed by atoms with Gasteiger partial charge in [-0.05, 0) is 38.5 Å². The number of nitrogens with one attached hydrogen (secondary N) is 2. The zero-order valence-corrected chi connectivity index (χ0v) is 15.1. The molecule has 0 radical (unpaired) electrons. The van der Waals surface area contributed by atoms with Crippen molar-refractivity contribution in [2.24, 2.45) is 12.0 Å². The summed E-state index contributed by atoms with van der Waals surface area (Å²) in [5, 5.41) is 11.9. The van der Waals surface area contributed by atoms with Gasteiger partial charge in [-0.2, -0.15) is 5.10 Å². The average molecular weight is 334 g/mol. The van der Waals surface area contributed by atoms with E-state index in [1.54, 1.807) is 7.05 Å². The van der Waals surface area contributed by atoms with E-state index in [9.17, 15) is 0 Å². The lowest BCUT2D eigenvalue weighted by Gasteiger charge is -2.18. The zero-order valence-electron chi connectivity index (χ0n) is 14.3. The van der Waals surface area contributed by atoms with Gasteiger partial charge in [0.1, 0.15) is 0 Å². The second kappa shape index (κ2) is 7.51. The van der Waals surface area contributed by atoms with E-state index in [0.717, 1.165) is 27.9 Å². The molecule has 5 nitrogen and oxygen atoms in total. The summed E-state index contributed by atoms with van der Waals surface area (Å²) in [5.41, 5.74) is 4.57. The van der Waals surface area contributed by atoms with Crippen LogP contribution in [0, 0.1) is 13.8 Å². The SMILES string of the molecule is CN=C(NCc1c(C)nn(C)c1C)NC(C)c1ccc(Cl)cc1. The van der Waals surface area contributed by atoms with Gasteiger partial charge in [0.15, 0.2) is 5.96 Å². The number of hydrogen-bond donors (Lipinski definition) is 2. The van der Waals surface area contributed by atoms with Gasteiger partial charge in [0.05, 0.1) is 11.7 Å². The molecule has 0 bridgehead atoms. The Labute approximate surface area is 142 Å². The molecule has 0 amide bonds. The summed E-state index contributed by atoms with van der Waals surface area (Å²) in [6, 6.07) is 7.96. The van der Waals surface area contributed by atoms with Gasteiger partial charge >= 0.3 is 0 Å². The minimum Gasteiger partial charge on any atom is -0.352 e. The van der Waals surface area contributed by atoms with Gasteiger partial charge in [-0.25, -0.2) is 0 Å². The highest BCUT2D eigenvalue weighted by Gasteiger charge is 2.11. The molecule has 124 valence electrons. The first-order chi connectivity index (χ1) is 10.9. The summed E-state index contributed by atoms with van der Waals surface area (Å²) in [4.78, 5) is 4.29. The van der Waals surface area contributed by atoms with E-state index < -0.39 is 0 Å². The van der Waals surface area contributed by atoms with E-state index in [-0.39, 0.29) is 6.04 Å². The summed E-state index contributed by atoms with van der Waals surface area (Å²) in [7, 11) is 3.73. The third kappa shape index (κ3) is 4.26. The van der Waals surface area contributed by atoms with Crippen LogP contribution in [0.2, 0.25) is 5.02 Å². The van der Waals surface area contributed by atoms with Gasteiger partial charge in [-0.1, -0.05) is 23.7 Å². The predicted molar refractivity (Wildman–Crippen MR) is 95.9 cm³/mol. The smallest absolute Gasteiger partial charge is 0.191 e. The van der Waals surface area contributed by atoms with Crippen molar-refractivity contribution < 1.29 is 0 Å². The number of aromatic nitrogens is 2. The molecule has 6 heteroatoms. The lowest BCUT2D eigenvalue weighted by atomic mass is 10.1. The fourth-order valence-corrected chi connectivity index (χ4v) is 2.61. The maximum absolute atomic E-state index is 5.93. The molecule has 1 heterocycles. The van der Waals surface area contributed by atoms with Crippen LogP contribution in [0.5, 0.6) is 0 Å². The van der Waals surface area contributed by atoms with E-state index >= 15 is 0 Å². The molecule has 0 aliphatic heterocycles. The van der Waals surface area contributed by atoms with Crippen molar-refractivity contribution >= 4 is 17.6 Å². The quantitative estimate of drug-likeness (QED) is 0.667. The van der Waals surface area contributed by atoms with Crippen molar-refractivity contribution in [3.8, 4) is 0 Å². The van der Waals surface area contributed by atoms with Gasteiger partial charge in [-0.3, -0.25) is 9.67 Å². The molecular formula is C17H24ClN5. The van der Waals surface area contributed by atoms with Crippen molar-refractivity contribution in [3.63, 3.8) is 0 Å². The Balaban J connectivity index is 1.99. The largest absolute Gasteiger partial charge is 0.352 e. The zero-order chi connectivity index (χ0) is 17.0. The van der Waals surface area contributed by atoms with E-state index in [1.807, 2.05) is 42.9 Å². The maximum Gasteiger partial charge on any atom is 0.191 e. The topological polar surface area (TPSA) is 54.2 Å². The monoisotopic (exact) mass is 333 g/mol. The average Bonchev–Trinajstić information content (AvgIpc) is 2.77. The number of aryl methyl sites for hydroxylation is 2. The number of hydrogen-bond acceptors (Lipinski definition) is 2. The van der Waals surface area contributed by atoms with Gasteiger partial charge in [0.2, 0.25) is 0 Å². The van der Waals surface area contributed by atoms with Crippen LogP contribution in [-0.2, 0) is 13.6 Å². The first kappa shape index (κ1) is 17.3. The van der Waals surface area contributed by atoms with E-state index in [1.165, 1.54) is 5.56 Å². The van der Waals surface area contributed by atoms with Crippen LogP contribution in [-0.4, -0.2) is 22.8 Å². The Morgan fingerprint density at radius 3 is 2.48 bits per heavy atom. The third-order valence-electron chi connectivity index (χ3n) is 4.04. The van der Waals surface area contributed by atoms with Gasteiger partial charge in [0.25, 0.3) is 0 Å². The summed E-state index contributed by atoms with van der Waals surface area (Å²) in [6.45, 7) is 6.88. The van der Waals surface area contributed by atoms with Crippen molar-refractivity contribution in [2.45, 2.75) is 33.4 Å². The van der Waals surface area contributed by atoms with E-state index in [0.29, 0.717) is 6.54 Å². The third-order valence-corrected chi connectivity index (χ3v) is 4.29. The summed E-state index contributed by atoms with van der Waals surface area (Å²) < 4.78 is 1.90. The van der Waals surface area contributed by atoms with Crippen LogP contribution in [0.3, 0.4) is 0 Å². The fourth-order valence-electron chi connectivity index (χ4n) is 2.48. The lowest BCUT2D eigenvalue weighted by Crippen LogP contribution is -2.38. The molecule has 2 aromatic rings. The Bertz CT molecular complexity index is 688. The molecule has 0 aliphatic rings. The number of rotatable bonds is 4. The Morgan fingerprint density at radius 2 is 1.96 bits per heavy atom. The lowest BCUT2D eigenvalue weighted by molar-refractivity contribution is 0.684. The van der Waals surface area contributed by atoms with Gasteiger partial charge < -0.3 is 10.6 Å². The van der Waals surface area contributed by atoms with Crippen molar-refractivity contribution in [1.82, 2.24) is 20.4 Å². The standard InChI is InChI=1S/C17H24ClN5/c1-11(14-6-8-15(18)9-7-14)21-17(19-4)20-10-16-12(2)22-23(5)13(16)3/h6-9,11H,10H2,1-5H3,(H2,19,20,21). The molecule has 0 saturated carbocycles. The van der Waals surface area contributed by atoms with Crippen LogP contribution in [0.1, 0.15) is 35.5 Å². The maximum atomic E-state index is 5.93. The van der Waals surface area contributed by atoms with Crippen LogP contribution >= 0.6 is 11.6 Å². The number of halogens is 1. The van der Waals surface area contributed by atoms with Crippen molar-refractivity contribution in [1.29, 1.82) is 0 Å². The molecule has 0 fully saturated rings. The highest BCUT2D eigenvalue weighted by molar-refractivity contribution is 6.30. The molecule has 2 N–H and O–H groups in total. The first-order valence-electron chi connectivity index (χ1n) is 7.64. The van der Waals surface area contributed by atoms with E-state index in [2.05, 4.69) is 34.6 Å². The molecule has 2 rings (SSSR count). The second-order valence-electron chi connectivity index (χ2n) is 5.62. The first-order valence-corrected chi connectivity index (χ1v) is 8.02.